The largest absolute Gasteiger partial charge is 0.341 e. The molecule has 0 bridgehead atoms. The van der Waals surface area contributed by atoms with Crippen LogP contribution in [0.4, 0.5) is 0 Å². The number of aryl methyl sites for hydroxylation is 1. The number of fused-ring (bicyclic) bond motifs is 9. The smallest absolute Gasteiger partial charge is 0.147 e. The molecule has 0 aliphatic heterocycles. The third kappa shape index (κ3) is 3.45. The van der Waals surface area contributed by atoms with Gasteiger partial charge in [-0.2, -0.15) is 5.10 Å². The highest BCUT2D eigenvalue weighted by molar-refractivity contribution is 7.61. The molecule has 0 fully saturated rings. The maximum atomic E-state index is 5.59. The summed E-state index contributed by atoms with van der Waals surface area (Å²) in [6, 6.07) is 45.5. The molecule has 226 valence electrons. The van der Waals surface area contributed by atoms with E-state index < -0.39 is 7.53 Å². The minimum absolute atomic E-state index is 0.136. The zero-order chi connectivity index (χ0) is 31.5. The fourth-order valence-corrected chi connectivity index (χ4v) is 10.1. The highest BCUT2D eigenvalue weighted by Crippen LogP contribution is 2.50. The Kier molecular flexibility index (Phi) is 5.19. The highest BCUT2D eigenvalue weighted by Gasteiger charge is 2.34. The average molecular weight is 635 g/mol. The lowest BCUT2D eigenvalue weighted by Gasteiger charge is -2.15. The minimum Gasteiger partial charge on any atom is -0.341 e. The van der Waals surface area contributed by atoms with Gasteiger partial charge < -0.3 is 4.57 Å². The van der Waals surface area contributed by atoms with Crippen molar-refractivity contribution in [1.29, 1.82) is 0 Å². The van der Waals surface area contributed by atoms with Crippen molar-refractivity contribution in [3.05, 3.63) is 151 Å². The first kappa shape index (κ1) is 26.1. The number of nitrogens with zero attached hydrogens (tertiary/aromatic N) is 6. The summed E-state index contributed by atoms with van der Waals surface area (Å²) in [4.78, 5) is 11.1. The summed E-state index contributed by atoms with van der Waals surface area (Å²) in [5.74, 6) is 3.23. The third-order valence-corrected chi connectivity index (χ3v) is 12.3. The SMILES string of the molecule is Cn1c(-p2ccc3ccc(-n4c5ccccc5c5cc6c(nc54)C(n4ncc5ccccc54)c4ccccc4-6)nc32)cc2ccccc21. The molecule has 0 spiro atoms. The number of aromatic nitrogens is 6. The maximum Gasteiger partial charge on any atom is 0.147 e. The quantitative estimate of drug-likeness (QED) is 0.194. The van der Waals surface area contributed by atoms with Crippen LogP contribution < -0.4 is 0 Å². The molecule has 10 aromatic rings. The zero-order valence-electron chi connectivity index (χ0n) is 26.0. The second-order valence-corrected chi connectivity index (χ2v) is 14.6. The average Bonchev–Trinajstić information content (AvgIpc) is 3.94. The van der Waals surface area contributed by atoms with E-state index in [2.05, 4.69) is 154 Å². The first-order valence-corrected chi connectivity index (χ1v) is 17.6. The number of para-hydroxylation sites is 3. The molecule has 2 unspecified atom stereocenters. The van der Waals surface area contributed by atoms with E-state index in [1.807, 2.05) is 6.20 Å². The predicted molar refractivity (Wildman–Crippen MR) is 197 cm³/mol. The van der Waals surface area contributed by atoms with Gasteiger partial charge in [0.1, 0.15) is 17.5 Å². The Balaban J connectivity index is 1.18. The summed E-state index contributed by atoms with van der Waals surface area (Å²) >= 11 is 0. The van der Waals surface area contributed by atoms with Crippen molar-refractivity contribution in [2.75, 3.05) is 0 Å². The van der Waals surface area contributed by atoms with E-state index in [1.54, 1.807) is 0 Å². The van der Waals surface area contributed by atoms with Gasteiger partial charge in [-0.3, -0.25) is 9.25 Å². The summed E-state index contributed by atoms with van der Waals surface area (Å²) < 4.78 is 6.74. The van der Waals surface area contributed by atoms with E-state index in [0.29, 0.717) is 0 Å². The van der Waals surface area contributed by atoms with Crippen molar-refractivity contribution in [2.24, 2.45) is 7.05 Å². The molecule has 7 heteroatoms. The van der Waals surface area contributed by atoms with Gasteiger partial charge in [-0.25, -0.2) is 9.97 Å². The molecule has 48 heavy (non-hydrogen) atoms. The van der Waals surface area contributed by atoms with Crippen molar-refractivity contribution in [3.63, 3.8) is 0 Å². The summed E-state index contributed by atoms with van der Waals surface area (Å²) in [7, 11) is 1.41. The molecule has 0 radical (unpaired) electrons. The minimum atomic E-state index is -0.761. The molecule has 0 N–H and O–H groups in total. The van der Waals surface area contributed by atoms with Crippen LogP contribution in [0.5, 0.6) is 0 Å². The number of pyridine rings is 2. The molecule has 0 amide bonds. The molecule has 6 nitrogen and oxygen atoms in total. The van der Waals surface area contributed by atoms with E-state index in [0.717, 1.165) is 49.8 Å². The molecular weight excluding hydrogens is 607 g/mol. The van der Waals surface area contributed by atoms with E-state index >= 15 is 0 Å². The van der Waals surface area contributed by atoms with Crippen LogP contribution in [0, 0.1) is 0 Å². The molecule has 11 rings (SSSR count). The standard InChI is InChI=1S/C41H27N6P/c1-45-33-15-7-2-10-26(33)22-37(45)48-21-20-25-18-19-36(43-41(25)48)46-35-17-9-6-13-29(35)32-23-31-28-12-4-5-14-30(28)39(38(31)44-40(32)46)47-34-16-8-3-11-27(34)24-42-47/h2-24,39H,1H3. The van der Waals surface area contributed by atoms with E-state index in [9.17, 15) is 0 Å². The Labute approximate surface area is 276 Å². The summed E-state index contributed by atoms with van der Waals surface area (Å²) in [6.45, 7) is 0. The van der Waals surface area contributed by atoms with E-state index in [1.165, 1.54) is 38.2 Å². The zero-order valence-corrected chi connectivity index (χ0v) is 26.9. The Bertz CT molecular complexity index is 2940. The monoisotopic (exact) mass is 634 g/mol. The topological polar surface area (TPSA) is 53.5 Å². The van der Waals surface area contributed by atoms with Crippen LogP contribution in [0.25, 0.3) is 76.8 Å². The van der Waals surface area contributed by atoms with Crippen molar-refractivity contribution in [2.45, 2.75) is 6.04 Å². The van der Waals surface area contributed by atoms with Gasteiger partial charge in [-0.05, 0) is 73.0 Å². The van der Waals surface area contributed by atoms with Gasteiger partial charge in [-0.15, -0.1) is 0 Å². The maximum absolute atomic E-state index is 5.59. The highest BCUT2D eigenvalue weighted by atomic mass is 31.1. The third-order valence-electron chi connectivity index (χ3n) is 10.2. The Morgan fingerprint density at radius 1 is 0.625 bits per heavy atom. The van der Waals surface area contributed by atoms with Crippen molar-refractivity contribution in [3.8, 4) is 22.4 Å². The van der Waals surface area contributed by atoms with Crippen LogP contribution in [-0.4, -0.2) is 28.9 Å². The molecule has 6 aromatic heterocycles. The van der Waals surface area contributed by atoms with Crippen LogP contribution >= 0.6 is 7.53 Å². The van der Waals surface area contributed by atoms with Crippen LogP contribution in [0.15, 0.2) is 139 Å². The van der Waals surface area contributed by atoms with Crippen molar-refractivity contribution >= 4 is 61.9 Å². The second kappa shape index (κ2) is 9.54. The molecule has 2 atom stereocenters. The van der Waals surface area contributed by atoms with Crippen LogP contribution in [0.1, 0.15) is 17.3 Å². The Hall–Kier alpha value is -5.97. The molecular formula is C41H27N6P. The van der Waals surface area contributed by atoms with Crippen LogP contribution in [0.3, 0.4) is 0 Å². The molecule has 0 saturated carbocycles. The van der Waals surface area contributed by atoms with Crippen molar-refractivity contribution < 1.29 is 0 Å². The van der Waals surface area contributed by atoms with Gasteiger partial charge in [0.15, 0.2) is 0 Å². The fourth-order valence-electron chi connectivity index (χ4n) is 7.94. The molecule has 6 heterocycles. The lowest BCUT2D eigenvalue weighted by molar-refractivity contribution is 0.615. The summed E-state index contributed by atoms with van der Waals surface area (Å²) in [6.07, 6.45) is 1.96. The Morgan fingerprint density at radius 2 is 1.40 bits per heavy atom. The lowest BCUT2D eigenvalue weighted by Crippen LogP contribution is -2.12. The first-order chi connectivity index (χ1) is 23.7. The van der Waals surface area contributed by atoms with E-state index in [4.69, 9.17) is 15.1 Å². The number of hydrogen-bond donors (Lipinski definition) is 0. The van der Waals surface area contributed by atoms with Gasteiger partial charge >= 0.3 is 0 Å². The summed E-state index contributed by atoms with van der Waals surface area (Å²) in [5, 5.41) is 11.9. The molecule has 0 saturated heterocycles. The normalized spacial score (nSPS) is 14.5. The van der Waals surface area contributed by atoms with Gasteiger partial charge in [-0.1, -0.05) is 78.9 Å². The van der Waals surface area contributed by atoms with Gasteiger partial charge in [0, 0.05) is 45.1 Å². The van der Waals surface area contributed by atoms with Gasteiger partial charge in [0.05, 0.1) is 33.6 Å². The van der Waals surface area contributed by atoms with Crippen molar-refractivity contribution in [1.82, 2.24) is 28.9 Å². The predicted octanol–water partition coefficient (Wildman–Crippen LogP) is 10.2. The molecule has 1 aliphatic carbocycles. The van der Waals surface area contributed by atoms with Crippen LogP contribution in [-0.2, 0) is 7.05 Å². The van der Waals surface area contributed by atoms with E-state index in [-0.39, 0.29) is 6.04 Å². The second-order valence-electron chi connectivity index (χ2n) is 12.7. The van der Waals surface area contributed by atoms with Gasteiger partial charge in [0.25, 0.3) is 0 Å². The van der Waals surface area contributed by atoms with Gasteiger partial charge in [0.2, 0.25) is 0 Å². The molecule has 4 aromatic carbocycles. The van der Waals surface area contributed by atoms with Crippen LogP contribution in [0.2, 0.25) is 0 Å². The number of benzene rings is 4. The number of rotatable bonds is 3. The Morgan fingerprint density at radius 3 is 2.29 bits per heavy atom. The molecule has 1 aliphatic rings. The fraction of sp³-hybridized carbons (Fsp3) is 0.0488. The first-order valence-electron chi connectivity index (χ1n) is 16.2. The summed E-state index contributed by atoms with van der Waals surface area (Å²) in [5.41, 5.74) is 10.3. The lowest BCUT2D eigenvalue weighted by atomic mass is 10.1. The number of hydrogen-bond acceptors (Lipinski definition) is 3.